The molecule has 84 valence electrons. The maximum Gasteiger partial charge on any atom is 0.0571 e. The molecule has 1 rings (SSSR count). The Morgan fingerprint density at radius 1 is 1.20 bits per heavy atom. The predicted molar refractivity (Wildman–Crippen MR) is 64.9 cm³/mol. The van der Waals surface area contributed by atoms with Crippen molar-refractivity contribution in [2.24, 2.45) is 5.41 Å². The predicted octanol–water partition coefficient (Wildman–Crippen LogP) is 3.59. The molecule has 1 aromatic carbocycles. The molecule has 0 aliphatic rings. The van der Waals surface area contributed by atoms with Crippen molar-refractivity contribution in [3.8, 4) is 0 Å². The monoisotopic (exact) mass is 206 g/mol. The van der Waals surface area contributed by atoms with Gasteiger partial charge in [0.05, 0.1) is 6.10 Å². The number of benzene rings is 1. The first kappa shape index (κ1) is 12.3. The van der Waals surface area contributed by atoms with Crippen molar-refractivity contribution in [1.29, 1.82) is 0 Å². The lowest BCUT2D eigenvalue weighted by molar-refractivity contribution is 0.0313. The molecule has 1 aromatic rings. The molecule has 0 saturated heterocycles. The second-order valence-electron chi connectivity index (χ2n) is 4.67. The Bertz CT molecular complexity index is 291. The van der Waals surface area contributed by atoms with Crippen LogP contribution in [0.15, 0.2) is 30.3 Å². The first-order valence-electron chi connectivity index (χ1n) is 5.75. The second kappa shape index (κ2) is 4.80. The largest absolute Gasteiger partial charge is 0.393 e. The van der Waals surface area contributed by atoms with Crippen molar-refractivity contribution >= 4 is 0 Å². The molecule has 1 heteroatoms. The van der Waals surface area contributed by atoms with E-state index in [1.807, 2.05) is 13.0 Å². The van der Waals surface area contributed by atoms with Gasteiger partial charge in [0, 0.05) is 0 Å². The van der Waals surface area contributed by atoms with Gasteiger partial charge in [-0.15, -0.1) is 0 Å². The van der Waals surface area contributed by atoms with E-state index < -0.39 is 0 Å². The van der Waals surface area contributed by atoms with Crippen LogP contribution >= 0.6 is 0 Å². The van der Waals surface area contributed by atoms with E-state index in [0.29, 0.717) is 5.92 Å². The summed E-state index contributed by atoms with van der Waals surface area (Å²) in [5.41, 5.74) is 1.27. The number of aliphatic hydroxyl groups excluding tert-OH is 1. The van der Waals surface area contributed by atoms with Gasteiger partial charge in [-0.3, -0.25) is 0 Å². The van der Waals surface area contributed by atoms with Crippen LogP contribution in [0.5, 0.6) is 0 Å². The molecule has 0 fully saturated rings. The first-order valence-corrected chi connectivity index (χ1v) is 5.75. The average molecular weight is 206 g/mol. The van der Waals surface area contributed by atoms with Gasteiger partial charge in [-0.25, -0.2) is 0 Å². The SMILES string of the molecule is CCC(C)(C(C)O)C(C)c1ccccc1. The highest BCUT2D eigenvalue weighted by molar-refractivity contribution is 5.21. The molecule has 0 bridgehead atoms. The van der Waals surface area contributed by atoms with E-state index in [-0.39, 0.29) is 11.5 Å². The zero-order chi connectivity index (χ0) is 11.5. The van der Waals surface area contributed by atoms with Crippen LogP contribution in [-0.4, -0.2) is 11.2 Å². The summed E-state index contributed by atoms with van der Waals surface area (Å²) in [4.78, 5) is 0. The fourth-order valence-corrected chi connectivity index (χ4v) is 2.09. The molecule has 15 heavy (non-hydrogen) atoms. The molecule has 0 aliphatic heterocycles. The van der Waals surface area contributed by atoms with Crippen molar-refractivity contribution < 1.29 is 5.11 Å². The van der Waals surface area contributed by atoms with Gasteiger partial charge in [0.15, 0.2) is 0 Å². The summed E-state index contributed by atoms with van der Waals surface area (Å²) in [6, 6.07) is 10.4. The van der Waals surface area contributed by atoms with Crippen molar-refractivity contribution in [3.63, 3.8) is 0 Å². The Balaban J connectivity index is 2.97. The summed E-state index contributed by atoms with van der Waals surface area (Å²) in [7, 11) is 0. The van der Waals surface area contributed by atoms with Crippen LogP contribution in [0, 0.1) is 5.41 Å². The van der Waals surface area contributed by atoms with E-state index in [9.17, 15) is 5.11 Å². The third-order valence-electron chi connectivity index (χ3n) is 4.00. The maximum absolute atomic E-state index is 9.90. The molecule has 0 aliphatic carbocycles. The molecule has 1 N–H and O–H groups in total. The molecule has 0 amide bonds. The third-order valence-corrected chi connectivity index (χ3v) is 4.00. The van der Waals surface area contributed by atoms with Crippen molar-refractivity contribution in [2.45, 2.75) is 46.1 Å². The summed E-state index contributed by atoms with van der Waals surface area (Å²) in [5.74, 6) is 0.378. The highest BCUT2D eigenvalue weighted by Gasteiger charge is 2.34. The second-order valence-corrected chi connectivity index (χ2v) is 4.67. The average Bonchev–Trinajstić information content (AvgIpc) is 2.28. The minimum absolute atomic E-state index is 0.0403. The Kier molecular flexibility index (Phi) is 3.92. The summed E-state index contributed by atoms with van der Waals surface area (Å²) >= 11 is 0. The first-order chi connectivity index (χ1) is 7.02. The molecule has 3 unspecified atom stereocenters. The quantitative estimate of drug-likeness (QED) is 0.798. The molecule has 0 spiro atoms. The van der Waals surface area contributed by atoms with Gasteiger partial charge in [-0.05, 0) is 30.2 Å². The molecular formula is C14H22O. The normalized spacial score (nSPS) is 19.3. The third kappa shape index (κ3) is 2.40. The lowest BCUT2D eigenvalue weighted by Crippen LogP contribution is -2.34. The lowest BCUT2D eigenvalue weighted by atomic mass is 9.69. The van der Waals surface area contributed by atoms with E-state index in [0.717, 1.165) is 6.42 Å². The van der Waals surface area contributed by atoms with Crippen LogP contribution in [0.1, 0.15) is 45.6 Å². The van der Waals surface area contributed by atoms with Crippen LogP contribution < -0.4 is 0 Å². The van der Waals surface area contributed by atoms with Gasteiger partial charge >= 0.3 is 0 Å². The van der Waals surface area contributed by atoms with E-state index in [1.54, 1.807) is 0 Å². The summed E-state index contributed by atoms with van der Waals surface area (Å²) in [6.45, 7) is 8.40. The van der Waals surface area contributed by atoms with Crippen molar-refractivity contribution in [2.75, 3.05) is 0 Å². The zero-order valence-electron chi connectivity index (χ0n) is 10.2. The van der Waals surface area contributed by atoms with Gasteiger partial charge in [-0.1, -0.05) is 51.1 Å². The minimum atomic E-state index is -0.280. The molecule has 0 aromatic heterocycles. The van der Waals surface area contributed by atoms with Crippen LogP contribution in [0.3, 0.4) is 0 Å². The van der Waals surface area contributed by atoms with Gasteiger partial charge in [-0.2, -0.15) is 0 Å². The van der Waals surface area contributed by atoms with Crippen LogP contribution in [0.25, 0.3) is 0 Å². The van der Waals surface area contributed by atoms with Gasteiger partial charge in [0.2, 0.25) is 0 Å². The maximum atomic E-state index is 9.90. The zero-order valence-corrected chi connectivity index (χ0v) is 10.2. The van der Waals surface area contributed by atoms with Crippen LogP contribution in [0.2, 0.25) is 0 Å². The van der Waals surface area contributed by atoms with Crippen LogP contribution in [-0.2, 0) is 0 Å². The van der Waals surface area contributed by atoms with E-state index in [4.69, 9.17) is 0 Å². The minimum Gasteiger partial charge on any atom is -0.393 e. The molecule has 0 radical (unpaired) electrons. The summed E-state index contributed by atoms with van der Waals surface area (Å²) in [5, 5.41) is 9.90. The highest BCUT2D eigenvalue weighted by Crippen LogP contribution is 2.41. The molecule has 1 nitrogen and oxygen atoms in total. The fourth-order valence-electron chi connectivity index (χ4n) is 2.09. The highest BCUT2D eigenvalue weighted by atomic mass is 16.3. The van der Waals surface area contributed by atoms with Crippen LogP contribution in [0.4, 0.5) is 0 Å². The number of hydrogen-bond acceptors (Lipinski definition) is 1. The van der Waals surface area contributed by atoms with E-state index in [1.165, 1.54) is 5.56 Å². The topological polar surface area (TPSA) is 20.2 Å². The number of hydrogen-bond donors (Lipinski definition) is 1. The van der Waals surface area contributed by atoms with Crippen molar-refractivity contribution in [3.05, 3.63) is 35.9 Å². The molecular weight excluding hydrogens is 184 g/mol. The van der Waals surface area contributed by atoms with Gasteiger partial charge in [0.1, 0.15) is 0 Å². The molecule has 3 atom stereocenters. The number of rotatable bonds is 4. The summed E-state index contributed by atoms with van der Waals surface area (Å²) in [6.07, 6.45) is 0.707. The molecule has 0 saturated carbocycles. The fraction of sp³-hybridized carbons (Fsp3) is 0.571. The van der Waals surface area contributed by atoms with Gasteiger partial charge < -0.3 is 5.11 Å². The lowest BCUT2D eigenvalue weighted by Gasteiger charge is -2.38. The van der Waals surface area contributed by atoms with Gasteiger partial charge in [0.25, 0.3) is 0 Å². The smallest absolute Gasteiger partial charge is 0.0571 e. The van der Waals surface area contributed by atoms with E-state index >= 15 is 0 Å². The Morgan fingerprint density at radius 2 is 1.73 bits per heavy atom. The van der Waals surface area contributed by atoms with E-state index in [2.05, 4.69) is 45.0 Å². The Hall–Kier alpha value is -0.820. The molecule has 0 heterocycles. The van der Waals surface area contributed by atoms with Crippen molar-refractivity contribution in [1.82, 2.24) is 0 Å². The summed E-state index contributed by atoms with van der Waals surface area (Å²) < 4.78 is 0. The Labute approximate surface area is 93.1 Å². The Morgan fingerprint density at radius 3 is 2.13 bits per heavy atom. The standard InChI is InChI=1S/C14H22O/c1-5-14(4,12(3)15)11(2)13-9-7-6-8-10-13/h6-12,15H,5H2,1-4H3. The number of aliphatic hydroxyl groups is 1.